The van der Waals surface area contributed by atoms with Crippen LogP contribution in [0.5, 0.6) is 0 Å². The van der Waals surface area contributed by atoms with E-state index in [1.807, 2.05) is 6.07 Å². The maximum Gasteiger partial charge on any atom is 0.270 e. The van der Waals surface area contributed by atoms with Crippen LogP contribution in [-0.4, -0.2) is 9.97 Å². The number of thiazole rings is 1. The van der Waals surface area contributed by atoms with Crippen molar-refractivity contribution in [2.45, 2.75) is 12.8 Å². The number of aromatic nitrogens is 2. The lowest BCUT2D eigenvalue weighted by Crippen LogP contribution is -2.07. The molecule has 0 unspecified atom stereocenters. The molecule has 2 aromatic heterocycles. The summed E-state index contributed by atoms with van der Waals surface area (Å²) < 4.78 is 27.7. The number of halogens is 3. The molecular weight excluding hydrogens is 398 g/mol. The Morgan fingerprint density at radius 3 is 2.71 bits per heavy atom. The summed E-state index contributed by atoms with van der Waals surface area (Å²) in [5.74, 6) is -2.46. The quantitative estimate of drug-likeness (QED) is 0.603. The molecule has 0 atom stereocenters. The molecule has 3 N–H and O–H groups in total. The smallest absolute Gasteiger partial charge is 0.270 e. The van der Waals surface area contributed by atoms with Crippen LogP contribution >= 0.6 is 27.3 Å². The van der Waals surface area contributed by atoms with E-state index >= 15 is 0 Å². The van der Waals surface area contributed by atoms with Gasteiger partial charge in [-0.2, -0.15) is 0 Å². The van der Waals surface area contributed by atoms with Crippen LogP contribution < -0.4 is 11.1 Å². The molecule has 0 amide bonds. The molecule has 0 bridgehead atoms. The molecule has 1 aromatic carbocycles. The van der Waals surface area contributed by atoms with Gasteiger partial charge in [0.25, 0.3) is 5.92 Å². The van der Waals surface area contributed by atoms with Gasteiger partial charge in [0.2, 0.25) is 0 Å². The Morgan fingerprint density at radius 2 is 2.04 bits per heavy atom. The maximum absolute atomic E-state index is 13.4. The highest BCUT2D eigenvalue weighted by Gasteiger charge is 2.24. The normalized spacial score (nSPS) is 11.5. The highest BCUT2D eigenvalue weighted by molar-refractivity contribution is 9.11. The number of benzene rings is 1. The fourth-order valence-corrected chi connectivity index (χ4v) is 3.59. The second-order valence-electron chi connectivity index (χ2n) is 5.21. The van der Waals surface area contributed by atoms with Crippen molar-refractivity contribution >= 4 is 43.9 Å². The Bertz CT molecular complexity index is 859. The summed E-state index contributed by atoms with van der Waals surface area (Å²) in [6.45, 7) is 0.873. The standard InChI is InChI=1S/C16H13BrF2N4S/c1-16(18,19)10-3-2-4-11(7-10)22-15-23-13(14(17)24-15)9-5-6-12(20)21-8-9/h2-8H,1H3,(H2,20,21)(H,22,23). The van der Waals surface area contributed by atoms with Gasteiger partial charge in [0, 0.05) is 29.9 Å². The molecule has 0 aliphatic rings. The second-order valence-corrected chi connectivity index (χ2v) is 7.52. The number of rotatable bonds is 4. The third-order valence-corrected chi connectivity index (χ3v) is 4.89. The molecule has 4 nitrogen and oxygen atoms in total. The first-order chi connectivity index (χ1) is 11.3. The van der Waals surface area contributed by atoms with E-state index in [2.05, 4.69) is 31.2 Å². The van der Waals surface area contributed by atoms with Crippen LogP contribution in [0.3, 0.4) is 0 Å². The van der Waals surface area contributed by atoms with E-state index in [1.165, 1.54) is 23.5 Å². The minimum Gasteiger partial charge on any atom is -0.384 e. The summed E-state index contributed by atoms with van der Waals surface area (Å²) in [7, 11) is 0. The van der Waals surface area contributed by atoms with Crippen LogP contribution in [0.15, 0.2) is 46.4 Å². The number of nitrogens with one attached hydrogen (secondary N) is 1. The van der Waals surface area contributed by atoms with E-state index in [4.69, 9.17) is 5.73 Å². The molecule has 3 aromatic rings. The molecule has 2 heterocycles. The summed E-state index contributed by atoms with van der Waals surface area (Å²) in [5, 5.41) is 3.65. The predicted molar refractivity (Wildman–Crippen MR) is 96.8 cm³/mol. The molecule has 0 aliphatic heterocycles. The highest BCUT2D eigenvalue weighted by atomic mass is 79.9. The molecular formula is C16H13BrF2N4S. The van der Waals surface area contributed by atoms with Crippen LogP contribution in [0.25, 0.3) is 11.3 Å². The molecule has 0 aliphatic carbocycles. The number of hydrogen-bond donors (Lipinski definition) is 2. The summed E-state index contributed by atoms with van der Waals surface area (Å²) in [6.07, 6.45) is 1.64. The lowest BCUT2D eigenvalue weighted by molar-refractivity contribution is 0.0175. The third kappa shape index (κ3) is 3.70. The van der Waals surface area contributed by atoms with Crippen LogP contribution in [0.1, 0.15) is 12.5 Å². The van der Waals surface area contributed by atoms with Gasteiger partial charge in [0.05, 0.1) is 9.48 Å². The first-order valence-electron chi connectivity index (χ1n) is 6.96. The monoisotopic (exact) mass is 410 g/mol. The van der Waals surface area contributed by atoms with Crippen LogP contribution in [-0.2, 0) is 5.92 Å². The van der Waals surface area contributed by atoms with Gasteiger partial charge >= 0.3 is 0 Å². The first-order valence-corrected chi connectivity index (χ1v) is 8.57. The zero-order valence-electron chi connectivity index (χ0n) is 12.6. The van der Waals surface area contributed by atoms with Crippen LogP contribution in [0.4, 0.5) is 25.4 Å². The van der Waals surface area contributed by atoms with Gasteiger partial charge in [-0.3, -0.25) is 0 Å². The van der Waals surface area contributed by atoms with E-state index in [0.29, 0.717) is 22.3 Å². The number of hydrogen-bond acceptors (Lipinski definition) is 5. The summed E-state index contributed by atoms with van der Waals surface area (Å²) >= 11 is 4.84. The van der Waals surface area contributed by atoms with E-state index < -0.39 is 5.92 Å². The minimum atomic E-state index is -2.89. The Balaban J connectivity index is 1.87. The van der Waals surface area contributed by atoms with Gasteiger partial charge < -0.3 is 11.1 Å². The summed E-state index contributed by atoms with van der Waals surface area (Å²) in [4.78, 5) is 8.54. The van der Waals surface area contributed by atoms with Crippen molar-refractivity contribution in [1.82, 2.24) is 9.97 Å². The van der Waals surface area contributed by atoms with Crippen molar-refractivity contribution in [3.05, 3.63) is 51.9 Å². The maximum atomic E-state index is 13.4. The van der Waals surface area contributed by atoms with Gasteiger partial charge in [0.1, 0.15) is 5.82 Å². The Kier molecular flexibility index (Phi) is 4.51. The number of alkyl halides is 2. The molecule has 0 fully saturated rings. The van der Waals surface area contributed by atoms with Crippen molar-refractivity contribution < 1.29 is 8.78 Å². The molecule has 0 saturated heterocycles. The minimum absolute atomic E-state index is 0.0499. The molecule has 24 heavy (non-hydrogen) atoms. The SMILES string of the molecule is CC(F)(F)c1cccc(Nc2nc(-c3ccc(N)nc3)c(Br)s2)c1. The van der Waals surface area contributed by atoms with Gasteiger partial charge in [-0.1, -0.05) is 23.5 Å². The molecule has 124 valence electrons. The number of nitrogens with two attached hydrogens (primary N) is 1. The molecule has 3 rings (SSSR count). The number of anilines is 3. The predicted octanol–water partition coefficient (Wildman–Crippen LogP) is 5.41. The zero-order chi connectivity index (χ0) is 17.3. The topological polar surface area (TPSA) is 63.8 Å². The third-order valence-electron chi connectivity index (χ3n) is 3.27. The number of nitrogen functional groups attached to an aromatic ring is 1. The average Bonchev–Trinajstić information content (AvgIpc) is 2.88. The summed E-state index contributed by atoms with van der Waals surface area (Å²) in [6, 6.07) is 9.64. The molecule has 0 spiro atoms. The fourth-order valence-electron chi connectivity index (χ4n) is 2.07. The Morgan fingerprint density at radius 1 is 1.25 bits per heavy atom. The van der Waals surface area contributed by atoms with E-state index in [-0.39, 0.29) is 5.56 Å². The zero-order valence-corrected chi connectivity index (χ0v) is 15.0. The highest BCUT2D eigenvalue weighted by Crippen LogP contribution is 2.37. The first kappa shape index (κ1) is 16.8. The lowest BCUT2D eigenvalue weighted by atomic mass is 10.1. The second kappa shape index (κ2) is 6.45. The Hall–Kier alpha value is -2.06. The molecule has 8 heteroatoms. The van der Waals surface area contributed by atoms with Crippen LogP contribution in [0.2, 0.25) is 0 Å². The van der Waals surface area contributed by atoms with Gasteiger partial charge in [-0.15, -0.1) is 0 Å². The summed E-state index contributed by atoms with van der Waals surface area (Å²) in [5.41, 5.74) is 7.62. The van der Waals surface area contributed by atoms with E-state index in [0.717, 1.165) is 16.3 Å². The average molecular weight is 411 g/mol. The molecule has 0 radical (unpaired) electrons. The van der Waals surface area contributed by atoms with Crippen molar-refractivity contribution in [2.24, 2.45) is 0 Å². The van der Waals surface area contributed by atoms with Crippen molar-refractivity contribution in [3.8, 4) is 11.3 Å². The van der Waals surface area contributed by atoms with Crippen molar-refractivity contribution in [3.63, 3.8) is 0 Å². The van der Waals surface area contributed by atoms with Gasteiger partial charge in [-0.05, 0) is 40.2 Å². The van der Waals surface area contributed by atoms with E-state index in [9.17, 15) is 8.78 Å². The Labute approximate surface area is 149 Å². The van der Waals surface area contributed by atoms with Crippen molar-refractivity contribution in [2.75, 3.05) is 11.1 Å². The van der Waals surface area contributed by atoms with Crippen LogP contribution in [0, 0.1) is 0 Å². The molecule has 0 saturated carbocycles. The van der Waals surface area contributed by atoms with Crippen molar-refractivity contribution in [1.29, 1.82) is 0 Å². The van der Waals surface area contributed by atoms with E-state index in [1.54, 1.807) is 24.4 Å². The lowest BCUT2D eigenvalue weighted by Gasteiger charge is -2.12. The van der Waals surface area contributed by atoms with Gasteiger partial charge in [-0.25, -0.2) is 18.7 Å². The number of nitrogens with zero attached hydrogens (tertiary/aromatic N) is 2. The largest absolute Gasteiger partial charge is 0.384 e. The fraction of sp³-hybridized carbons (Fsp3) is 0.125. The van der Waals surface area contributed by atoms with Gasteiger partial charge in [0.15, 0.2) is 5.13 Å². The number of pyridine rings is 1.